The zero-order valence-corrected chi connectivity index (χ0v) is 10.6. The third-order valence-corrected chi connectivity index (χ3v) is 3.64. The molecule has 0 saturated carbocycles. The Morgan fingerprint density at radius 2 is 2.18 bits per heavy atom. The summed E-state index contributed by atoms with van der Waals surface area (Å²) < 4.78 is 0. The number of hydrogen-bond acceptors (Lipinski definition) is 3. The van der Waals surface area contributed by atoms with Crippen molar-refractivity contribution in [2.75, 3.05) is 27.2 Å². The molecular weight excluding hydrogens is 218 g/mol. The summed E-state index contributed by atoms with van der Waals surface area (Å²) in [7, 11) is 3.95. The summed E-state index contributed by atoms with van der Waals surface area (Å²) in [5.41, 5.74) is 0. The van der Waals surface area contributed by atoms with Crippen LogP contribution in [-0.4, -0.2) is 60.9 Å². The summed E-state index contributed by atoms with van der Waals surface area (Å²) in [6.07, 6.45) is 3.36. The highest BCUT2D eigenvalue weighted by atomic mass is 16.2. The molecule has 2 atom stereocenters. The molecule has 0 spiro atoms. The molecule has 2 rings (SSSR count). The highest BCUT2D eigenvalue weighted by molar-refractivity contribution is 5.89. The van der Waals surface area contributed by atoms with E-state index < -0.39 is 0 Å². The molecule has 0 aromatic heterocycles. The van der Waals surface area contributed by atoms with E-state index in [1.807, 2.05) is 23.9 Å². The smallest absolute Gasteiger partial charge is 0.242 e. The molecule has 1 N–H and O–H groups in total. The van der Waals surface area contributed by atoms with Crippen molar-refractivity contribution in [3.8, 4) is 0 Å². The number of fused-ring (bicyclic) bond motifs is 1. The lowest BCUT2D eigenvalue weighted by atomic mass is 10.1. The van der Waals surface area contributed by atoms with Crippen molar-refractivity contribution in [3.63, 3.8) is 0 Å². The summed E-state index contributed by atoms with van der Waals surface area (Å²) in [6.45, 7) is 1.48. The standard InChI is InChI=1S/C12H21N3O2/c1-14(2)8-7-13-12(17)10-5-3-9-4-6-11(16)15(9)10/h9-10H,3-8H2,1-2H3,(H,13,17). The van der Waals surface area contributed by atoms with Gasteiger partial charge in [0.15, 0.2) is 0 Å². The van der Waals surface area contributed by atoms with Gasteiger partial charge < -0.3 is 15.1 Å². The lowest BCUT2D eigenvalue weighted by Gasteiger charge is -2.23. The predicted octanol–water partition coefficient (Wildman–Crippen LogP) is -0.182. The lowest BCUT2D eigenvalue weighted by molar-refractivity contribution is -0.136. The second-order valence-corrected chi connectivity index (χ2v) is 5.18. The van der Waals surface area contributed by atoms with Gasteiger partial charge >= 0.3 is 0 Å². The van der Waals surface area contributed by atoms with Crippen LogP contribution in [0.3, 0.4) is 0 Å². The minimum absolute atomic E-state index is 0.0181. The summed E-state index contributed by atoms with van der Waals surface area (Å²) in [5, 5.41) is 2.91. The van der Waals surface area contributed by atoms with Crippen LogP contribution in [0, 0.1) is 0 Å². The summed E-state index contributed by atoms with van der Waals surface area (Å²) in [5.74, 6) is 0.171. The van der Waals surface area contributed by atoms with E-state index in [0.29, 0.717) is 19.0 Å². The fraction of sp³-hybridized carbons (Fsp3) is 0.833. The molecule has 2 saturated heterocycles. The van der Waals surface area contributed by atoms with Gasteiger partial charge in [-0.15, -0.1) is 0 Å². The number of carbonyl (C=O) groups excluding carboxylic acids is 2. The quantitative estimate of drug-likeness (QED) is 0.740. The van der Waals surface area contributed by atoms with Crippen LogP contribution in [0.4, 0.5) is 0 Å². The van der Waals surface area contributed by atoms with Gasteiger partial charge in [-0.05, 0) is 33.4 Å². The Kier molecular flexibility index (Phi) is 3.66. The predicted molar refractivity (Wildman–Crippen MR) is 64.5 cm³/mol. The average molecular weight is 239 g/mol. The molecule has 5 heteroatoms. The van der Waals surface area contributed by atoms with Crippen molar-refractivity contribution >= 4 is 11.8 Å². The molecule has 0 aromatic rings. The van der Waals surface area contributed by atoms with Gasteiger partial charge in [0.05, 0.1) is 0 Å². The Labute approximate surface area is 102 Å². The highest BCUT2D eigenvalue weighted by Crippen LogP contribution is 2.33. The minimum atomic E-state index is -0.211. The first kappa shape index (κ1) is 12.4. The van der Waals surface area contributed by atoms with E-state index in [1.54, 1.807) is 0 Å². The third kappa shape index (κ3) is 2.60. The normalized spacial score (nSPS) is 27.7. The first-order chi connectivity index (χ1) is 8.09. The van der Waals surface area contributed by atoms with Gasteiger partial charge in [-0.1, -0.05) is 0 Å². The summed E-state index contributed by atoms with van der Waals surface area (Å²) in [4.78, 5) is 27.5. The van der Waals surface area contributed by atoms with Gasteiger partial charge in [0.25, 0.3) is 0 Å². The molecule has 96 valence electrons. The molecule has 2 fully saturated rings. The maximum atomic E-state index is 12.0. The van der Waals surface area contributed by atoms with Gasteiger partial charge in [0.1, 0.15) is 6.04 Å². The van der Waals surface area contributed by atoms with Gasteiger partial charge in [0, 0.05) is 25.6 Å². The van der Waals surface area contributed by atoms with Crippen LogP contribution in [0.5, 0.6) is 0 Å². The number of rotatable bonds is 4. The van der Waals surface area contributed by atoms with Crippen molar-refractivity contribution < 1.29 is 9.59 Å². The fourth-order valence-corrected chi connectivity index (χ4v) is 2.74. The molecule has 17 heavy (non-hydrogen) atoms. The SMILES string of the molecule is CN(C)CCNC(=O)C1CCC2CCC(=O)N21. The van der Waals surface area contributed by atoms with E-state index in [2.05, 4.69) is 5.32 Å². The maximum absolute atomic E-state index is 12.0. The van der Waals surface area contributed by atoms with Crippen LogP contribution in [0.15, 0.2) is 0 Å². The molecule has 2 heterocycles. The van der Waals surface area contributed by atoms with Crippen LogP contribution < -0.4 is 5.32 Å². The zero-order valence-electron chi connectivity index (χ0n) is 10.6. The largest absolute Gasteiger partial charge is 0.353 e. The Hall–Kier alpha value is -1.10. The van der Waals surface area contributed by atoms with Crippen LogP contribution >= 0.6 is 0 Å². The first-order valence-electron chi connectivity index (χ1n) is 6.33. The Bertz CT molecular complexity index is 317. The maximum Gasteiger partial charge on any atom is 0.242 e. The molecule has 0 aromatic carbocycles. The lowest BCUT2D eigenvalue weighted by Crippen LogP contribution is -2.47. The van der Waals surface area contributed by atoms with E-state index in [-0.39, 0.29) is 17.9 Å². The number of nitrogens with zero attached hydrogens (tertiary/aromatic N) is 2. The number of amides is 2. The Morgan fingerprint density at radius 3 is 2.88 bits per heavy atom. The van der Waals surface area contributed by atoms with Crippen molar-refractivity contribution in [1.82, 2.24) is 15.1 Å². The van der Waals surface area contributed by atoms with E-state index in [1.165, 1.54) is 0 Å². The van der Waals surface area contributed by atoms with E-state index in [4.69, 9.17) is 0 Å². The van der Waals surface area contributed by atoms with Gasteiger partial charge in [-0.3, -0.25) is 9.59 Å². The fourth-order valence-electron chi connectivity index (χ4n) is 2.74. The van der Waals surface area contributed by atoms with Crippen molar-refractivity contribution in [2.24, 2.45) is 0 Å². The zero-order chi connectivity index (χ0) is 12.4. The second-order valence-electron chi connectivity index (χ2n) is 5.18. The monoisotopic (exact) mass is 239 g/mol. The van der Waals surface area contributed by atoms with Crippen LogP contribution in [-0.2, 0) is 9.59 Å². The van der Waals surface area contributed by atoms with Crippen molar-refractivity contribution in [3.05, 3.63) is 0 Å². The Balaban J connectivity index is 1.85. The van der Waals surface area contributed by atoms with E-state index in [9.17, 15) is 9.59 Å². The topological polar surface area (TPSA) is 52.7 Å². The molecule has 2 amide bonds. The van der Waals surface area contributed by atoms with Crippen molar-refractivity contribution in [1.29, 1.82) is 0 Å². The summed E-state index contributed by atoms with van der Waals surface area (Å²) in [6, 6.07) is 0.115. The van der Waals surface area contributed by atoms with Gasteiger partial charge in [0.2, 0.25) is 11.8 Å². The summed E-state index contributed by atoms with van der Waals surface area (Å²) >= 11 is 0. The number of hydrogen-bond donors (Lipinski definition) is 1. The Morgan fingerprint density at radius 1 is 1.41 bits per heavy atom. The van der Waals surface area contributed by atoms with Crippen molar-refractivity contribution in [2.45, 2.75) is 37.8 Å². The molecule has 2 aliphatic rings. The molecular formula is C12H21N3O2. The van der Waals surface area contributed by atoms with Crippen LogP contribution in [0.2, 0.25) is 0 Å². The number of likely N-dealkylation sites (N-methyl/N-ethyl adjacent to an activating group) is 1. The highest BCUT2D eigenvalue weighted by Gasteiger charge is 2.44. The van der Waals surface area contributed by atoms with Gasteiger partial charge in [-0.25, -0.2) is 0 Å². The first-order valence-corrected chi connectivity index (χ1v) is 6.33. The second kappa shape index (κ2) is 5.04. The molecule has 0 aliphatic carbocycles. The van der Waals surface area contributed by atoms with E-state index in [0.717, 1.165) is 25.8 Å². The van der Waals surface area contributed by atoms with Crippen LogP contribution in [0.25, 0.3) is 0 Å². The number of carbonyl (C=O) groups is 2. The molecule has 5 nitrogen and oxygen atoms in total. The minimum Gasteiger partial charge on any atom is -0.353 e. The van der Waals surface area contributed by atoms with Gasteiger partial charge in [-0.2, -0.15) is 0 Å². The molecule has 2 unspecified atom stereocenters. The molecule has 0 bridgehead atoms. The average Bonchev–Trinajstić information content (AvgIpc) is 2.81. The molecule has 0 radical (unpaired) electrons. The van der Waals surface area contributed by atoms with E-state index >= 15 is 0 Å². The third-order valence-electron chi connectivity index (χ3n) is 3.64. The molecule has 2 aliphatic heterocycles. The number of nitrogens with one attached hydrogen (secondary N) is 1. The van der Waals surface area contributed by atoms with Crippen LogP contribution in [0.1, 0.15) is 25.7 Å².